The van der Waals surface area contributed by atoms with E-state index in [9.17, 15) is 0 Å². The van der Waals surface area contributed by atoms with Crippen LogP contribution < -0.4 is 5.32 Å². The van der Waals surface area contributed by atoms with Crippen molar-refractivity contribution in [3.8, 4) is 0 Å². The van der Waals surface area contributed by atoms with Crippen molar-refractivity contribution < 1.29 is 0 Å². The Kier molecular flexibility index (Phi) is 4.26. The summed E-state index contributed by atoms with van der Waals surface area (Å²) in [5, 5.41) is 3.61. The molecule has 0 aromatic heterocycles. The molecule has 1 aromatic rings. The van der Waals surface area contributed by atoms with Crippen molar-refractivity contribution in [1.29, 1.82) is 0 Å². The third kappa shape index (κ3) is 2.43. The summed E-state index contributed by atoms with van der Waals surface area (Å²) in [4.78, 5) is 0. The Labute approximate surface area is 113 Å². The molecule has 94 valence electrons. The van der Waals surface area contributed by atoms with Crippen molar-refractivity contribution in [2.45, 2.75) is 38.5 Å². The van der Waals surface area contributed by atoms with Gasteiger partial charge in [0, 0.05) is 16.4 Å². The number of benzene rings is 1. The van der Waals surface area contributed by atoms with E-state index in [1.807, 2.05) is 0 Å². The Morgan fingerprint density at radius 1 is 1.41 bits per heavy atom. The molecule has 0 spiro atoms. The summed E-state index contributed by atoms with van der Waals surface area (Å²) in [5.41, 5.74) is 1.84. The molecular formula is C15H22BrN. The van der Waals surface area contributed by atoms with Crippen LogP contribution in [0.1, 0.15) is 38.7 Å². The van der Waals surface area contributed by atoms with Crippen molar-refractivity contribution in [3.63, 3.8) is 0 Å². The lowest BCUT2D eigenvalue weighted by atomic mass is 9.57. The summed E-state index contributed by atoms with van der Waals surface area (Å²) in [6.45, 7) is 6.85. The van der Waals surface area contributed by atoms with Gasteiger partial charge in [-0.1, -0.05) is 48.0 Å². The van der Waals surface area contributed by atoms with Crippen LogP contribution in [0, 0.1) is 5.92 Å². The van der Waals surface area contributed by atoms with E-state index < -0.39 is 0 Å². The molecule has 2 unspecified atom stereocenters. The van der Waals surface area contributed by atoms with E-state index in [1.165, 1.54) is 29.3 Å². The molecule has 2 atom stereocenters. The molecule has 1 fully saturated rings. The summed E-state index contributed by atoms with van der Waals surface area (Å²) < 4.78 is 1.27. The Morgan fingerprint density at radius 3 is 2.71 bits per heavy atom. The summed E-state index contributed by atoms with van der Waals surface area (Å²) in [5.74, 6) is 0.783. The minimum Gasteiger partial charge on any atom is -0.316 e. The highest BCUT2D eigenvalue weighted by molar-refractivity contribution is 9.10. The number of hydrogen-bond donors (Lipinski definition) is 1. The maximum atomic E-state index is 3.72. The van der Waals surface area contributed by atoms with Crippen LogP contribution in [-0.4, -0.2) is 13.1 Å². The van der Waals surface area contributed by atoms with Crippen LogP contribution in [0.2, 0.25) is 0 Å². The fourth-order valence-corrected chi connectivity index (χ4v) is 3.57. The molecule has 17 heavy (non-hydrogen) atoms. The van der Waals surface area contributed by atoms with Crippen LogP contribution >= 0.6 is 15.9 Å². The van der Waals surface area contributed by atoms with Crippen LogP contribution in [-0.2, 0) is 5.41 Å². The average molecular weight is 296 g/mol. The zero-order chi connectivity index (χ0) is 12.3. The predicted octanol–water partition coefficient (Wildman–Crippen LogP) is 4.12. The van der Waals surface area contributed by atoms with E-state index in [-0.39, 0.29) is 0 Å². The lowest BCUT2D eigenvalue weighted by molar-refractivity contribution is 0.133. The van der Waals surface area contributed by atoms with E-state index in [0.29, 0.717) is 5.41 Å². The molecule has 1 saturated carbocycles. The second-order valence-electron chi connectivity index (χ2n) is 5.25. The Balaban J connectivity index is 2.20. The van der Waals surface area contributed by atoms with E-state index in [2.05, 4.69) is 59.4 Å². The molecule has 0 bridgehead atoms. The minimum atomic E-state index is 0.356. The van der Waals surface area contributed by atoms with Crippen molar-refractivity contribution >= 4 is 15.9 Å². The Bertz CT molecular complexity index is 377. The van der Waals surface area contributed by atoms with Crippen LogP contribution in [0.5, 0.6) is 0 Å². The second kappa shape index (κ2) is 5.53. The third-order valence-corrected chi connectivity index (χ3v) is 4.94. The van der Waals surface area contributed by atoms with Crippen LogP contribution in [0.25, 0.3) is 0 Å². The summed E-state index contributed by atoms with van der Waals surface area (Å²) in [6, 6.07) is 8.71. The Morgan fingerprint density at radius 2 is 2.18 bits per heavy atom. The van der Waals surface area contributed by atoms with E-state index in [4.69, 9.17) is 0 Å². The Hall–Kier alpha value is -0.340. The van der Waals surface area contributed by atoms with Crippen molar-refractivity contribution in [1.82, 2.24) is 5.32 Å². The first-order chi connectivity index (χ1) is 8.20. The lowest BCUT2D eigenvalue weighted by Crippen LogP contribution is -2.50. The SMILES string of the molecule is CCCNCC1(c2ccccc2Br)CCC1C. The van der Waals surface area contributed by atoms with Gasteiger partial charge in [-0.3, -0.25) is 0 Å². The van der Waals surface area contributed by atoms with Gasteiger partial charge >= 0.3 is 0 Å². The van der Waals surface area contributed by atoms with Gasteiger partial charge in [-0.05, 0) is 43.4 Å². The van der Waals surface area contributed by atoms with Gasteiger partial charge in [-0.2, -0.15) is 0 Å². The number of nitrogens with one attached hydrogen (secondary N) is 1. The van der Waals surface area contributed by atoms with Crippen LogP contribution in [0.4, 0.5) is 0 Å². The fourth-order valence-electron chi connectivity index (χ4n) is 2.89. The molecule has 2 rings (SSSR count). The van der Waals surface area contributed by atoms with Gasteiger partial charge in [0.25, 0.3) is 0 Å². The molecule has 0 aliphatic heterocycles. The third-order valence-electron chi connectivity index (χ3n) is 4.24. The molecular weight excluding hydrogens is 274 g/mol. The largest absolute Gasteiger partial charge is 0.316 e. The van der Waals surface area contributed by atoms with Gasteiger partial charge < -0.3 is 5.32 Å². The molecule has 1 nitrogen and oxygen atoms in total. The topological polar surface area (TPSA) is 12.0 Å². The number of halogens is 1. The van der Waals surface area contributed by atoms with Gasteiger partial charge in [0.2, 0.25) is 0 Å². The van der Waals surface area contributed by atoms with Gasteiger partial charge in [0.1, 0.15) is 0 Å². The first kappa shape index (κ1) is 13.1. The molecule has 1 aliphatic rings. The van der Waals surface area contributed by atoms with Crippen LogP contribution in [0.15, 0.2) is 28.7 Å². The van der Waals surface area contributed by atoms with Gasteiger partial charge in [0.05, 0.1) is 0 Å². The highest BCUT2D eigenvalue weighted by atomic mass is 79.9. The lowest BCUT2D eigenvalue weighted by Gasteiger charge is -2.49. The number of hydrogen-bond acceptors (Lipinski definition) is 1. The maximum absolute atomic E-state index is 3.72. The number of rotatable bonds is 5. The normalized spacial score (nSPS) is 27.8. The average Bonchev–Trinajstić information content (AvgIpc) is 2.34. The standard InChI is InChI=1S/C15H22BrN/c1-3-10-17-11-15(9-8-12(15)2)13-6-4-5-7-14(13)16/h4-7,12,17H,3,8-11H2,1-2H3. The van der Waals surface area contributed by atoms with Crippen LogP contribution in [0.3, 0.4) is 0 Å². The van der Waals surface area contributed by atoms with Crippen molar-refractivity contribution in [3.05, 3.63) is 34.3 Å². The summed E-state index contributed by atoms with van der Waals surface area (Å²) in [7, 11) is 0. The zero-order valence-corrected chi connectivity index (χ0v) is 12.4. The van der Waals surface area contributed by atoms with Gasteiger partial charge in [-0.25, -0.2) is 0 Å². The predicted molar refractivity (Wildman–Crippen MR) is 77.4 cm³/mol. The minimum absolute atomic E-state index is 0.356. The highest BCUT2D eigenvalue weighted by Gasteiger charge is 2.45. The molecule has 1 aliphatic carbocycles. The monoisotopic (exact) mass is 295 g/mol. The molecule has 1 N–H and O–H groups in total. The molecule has 0 saturated heterocycles. The zero-order valence-electron chi connectivity index (χ0n) is 10.8. The van der Waals surface area contributed by atoms with Gasteiger partial charge in [0.15, 0.2) is 0 Å². The second-order valence-corrected chi connectivity index (χ2v) is 6.11. The van der Waals surface area contributed by atoms with Crippen molar-refractivity contribution in [2.24, 2.45) is 5.92 Å². The molecule has 0 amide bonds. The molecule has 0 radical (unpaired) electrons. The first-order valence-corrected chi connectivity index (χ1v) is 7.45. The quantitative estimate of drug-likeness (QED) is 0.806. The van der Waals surface area contributed by atoms with Crippen molar-refractivity contribution in [2.75, 3.05) is 13.1 Å². The molecule has 2 heteroatoms. The fraction of sp³-hybridized carbons (Fsp3) is 0.600. The molecule has 1 aromatic carbocycles. The summed E-state index contributed by atoms with van der Waals surface area (Å²) in [6.07, 6.45) is 3.88. The smallest absolute Gasteiger partial charge is 0.0213 e. The van der Waals surface area contributed by atoms with E-state index >= 15 is 0 Å². The van der Waals surface area contributed by atoms with Gasteiger partial charge in [-0.15, -0.1) is 0 Å². The summed E-state index contributed by atoms with van der Waals surface area (Å²) >= 11 is 3.72. The highest BCUT2D eigenvalue weighted by Crippen LogP contribution is 2.50. The molecule has 0 heterocycles. The van der Waals surface area contributed by atoms with E-state index in [1.54, 1.807) is 0 Å². The maximum Gasteiger partial charge on any atom is 0.0213 e. The van der Waals surface area contributed by atoms with E-state index in [0.717, 1.165) is 19.0 Å². The first-order valence-electron chi connectivity index (χ1n) is 6.66.